The lowest BCUT2D eigenvalue weighted by Gasteiger charge is -2.18. The average molecular weight is 411 g/mol. The van der Waals surface area contributed by atoms with Crippen molar-refractivity contribution in [1.82, 2.24) is 9.88 Å². The SMILES string of the molecule is C/C=C(\C/C=C\CCl)N(C=N)C(=O)c1cc2c(N(C)C)c(Cl)ncc2s1. The summed E-state index contributed by atoms with van der Waals surface area (Å²) in [6.45, 7) is 1.84. The quantitative estimate of drug-likeness (QED) is 0.225. The maximum absolute atomic E-state index is 13.0. The Hall–Kier alpha value is -1.89. The van der Waals surface area contributed by atoms with E-state index < -0.39 is 0 Å². The Morgan fingerprint density at radius 2 is 2.12 bits per heavy atom. The molecule has 2 rings (SSSR count). The Labute approximate surface area is 167 Å². The van der Waals surface area contributed by atoms with Crippen LogP contribution in [0.25, 0.3) is 10.1 Å². The Morgan fingerprint density at radius 1 is 1.38 bits per heavy atom. The molecule has 2 heterocycles. The van der Waals surface area contributed by atoms with Gasteiger partial charge in [-0.25, -0.2) is 4.98 Å². The Bertz CT molecular complexity index is 873. The van der Waals surface area contributed by atoms with Crippen LogP contribution >= 0.6 is 34.5 Å². The highest BCUT2D eigenvalue weighted by molar-refractivity contribution is 7.20. The molecule has 2 aromatic heterocycles. The van der Waals surface area contributed by atoms with E-state index in [1.165, 1.54) is 16.2 Å². The van der Waals surface area contributed by atoms with Gasteiger partial charge in [0.05, 0.1) is 21.6 Å². The molecule has 2 aromatic rings. The van der Waals surface area contributed by atoms with Gasteiger partial charge in [-0.1, -0.05) is 29.8 Å². The molecule has 0 aliphatic carbocycles. The van der Waals surface area contributed by atoms with Crippen molar-refractivity contribution in [2.24, 2.45) is 0 Å². The molecule has 8 heteroatoms. The van der Waals surface area contributed by atoms with E-state index in [0.29, 0.717) is 28.0 Å². The van der Waals surface area contributed by atoms with Crippen LogP contribution in [0.4, 0.5) is 5.69 Å². The highest BCUT2D eigenvalue weighted by atomic mass is 35.5. The Kier molecular flexibility index (Phi) is 7.20. The van der Waals surface area contributed by atoms with Crippen LogP contribution in [0.1, 0.15) is 23.0 Å². The topological polar surface area (TPSA) is 60.3 Å². The summed E-state index contributed by atoms with van der Waals surface area (Å²) in [5.74, 6) is 0.154. The minimum absolute atomic E-state index is 0.255. The number of hydrogen-bond acceptors (Lipinski definition) is 5. The van der Waals surface area contributed by atoms with E-state index in [4.69, 9.17) is 28.6 Å². The van der Waals surface area contributed by atoms with Crippen LogP contribution in [0.5, 0.6) is 0 Å². The summed E-state index contributed by atoms with van der Waals surface area (Å²) in [4.78, 5) is 20.9. The molecule has 1 amide bonds. The van der Waals surface area contributed by atoms with Gasteiger partial charge in [-0.3, -0.25) is 15.1 Å². The summed E-state index contributed by atoms with van der Waals surface area (Å²) >= 11 is 13.2. The summed E-state index contributed by atoms with van der Waals surface area (Å²) in [6.07, 6.45) is 8.73. The number of hydrogen-bond donors (Lipinski definition) is 1. The van der Waals surface area contributed by atoms with Gasteiger partial charge in [0.1, 0.15) is 0 Å². The minimum atomic E-state index is -0.255. The molecule has 26 heavy (non-hydrogen) atoms. The van der Waals surface area contributed by atoms with Gasteiger partial charge < -0.3 is 4.90 Å². The molecular weight excluding hydrogens is 391 g/mol. The molecule has 0 saturated carbocycles. The third-order valence-corrected chi connectivity index (χ3v) is 5.25. The lowest BCUT2D eigenvalue weighted by atomic mass is 10.2. The molecule has 0 atom stereocenters. The first kappa shape index (κ1) is 20.4. The molecule has 0 aliphatic heterocycles. The maximum atomic E-state index is 13.0. The second kappa shape index (κ2) is 9.16. The van der Waals surface area contributed by atoms with Gasteiger partial charge >= 0.3 is 0 Å². The third kappa shape index (κ3) is 4.26. The van der Waals surface area contributed by atoms with E-state index in [1.54, 1.807) is 6.20 Å². The van der Waals surface area contributed by atoms with Crippen LogP contribution in [0.3, 0.4) is 0 Å². The number of carbonyl (C=O) groups excluding carboxylic acids is 1. The van der Waals surface area contributed by atoms with Crippen LogP contribution in [-0.2, 0) is 0 Å². The number of nitrogens with one attached hydrogen (secondary N) is 1. The lowest BCUT2D eigenvalue weighted by molar-refractivity contribution is 0.0884. The van der Waals surface area contributed by atoms with Crippen molar-refractivity contribution in [2.75, 3.05) is 24.9 Å². The molecule has 0 spiro atoms. The van der Waals surface area contributed by atoms with Gasteiger partial charge in [0.2, 0.25) is 0 Å². The van der Waals surface area contributed by atoms with Crippen molar-refractivity contribution in [3.05, 3.63) is 46.2 Å². The summed E-state index contributed by atoms with van der Waals surface area (Å²) in [5.41, 5.74) is 1.49. The molecule has 0 radical (unpaired) electrons. The maximum Gasteiger partial charge on any atom is 0.273 e. The molecule has 138 valence electrons. The van der Waals surface area contributed by atoms with E-state index in [1.807, 2.05) is 50.2 Å². The van der Waals surface area contributed by atoms with Crippen molar-refractivity contribution in [1.29, 1.82) is 5.41 Å². The number of halogens is 2. The highest BCUT2D eigenvalue weighted by Crippen LogP contribution is 2.36. The number of aromatic nitrogens is 1. The number of amides is 1. The number of anilines is 1. The van der Waals surface area contributed by atoms with Crippen molar-refractivity contribution in [3.8, 4) is 0 Å². The van der Waals surface area contributed by atoms with Crippen LogP contribution < -0.4 is 4.90 Å². The highest BCUT2D eigenvalue weighted by Gasteiger charge is 2.21. The summed E-state index contributed by atoms with van der Waals surface area (Å²) in [5, 5.41) is 8.95. The second-order valence-corrected chi connectivity index (χ2v) is 7.35. The number of alkyl halides is 1. The summed E-state index contributed by atoms with van der Waals surface area (Å²) in [6, 6.07) is 1.81. The Morgan fingerprint density at radius 3 is 2.69 bits per heavy atom. The predicted molar refractivity (Wildman–Crippen MR) is 112 cm³/mol. The van der Waals surface area contributed by atoms with E-state index >= 15 is 0 Å². The molecule has 0 saturated heterocycles. The van der Waals surface area contributed by atoms with E-state index in [0.717, 1.165) is 22.1 Å². The molecule has 0 fully saturated rings. The summed E-state index contributed by atoms with van der Waals surface area (Å²) in [7, 11) is 3.76. The number of carbonyl (C=O) groups is 1. The number of rotatable bonds is 7. The van der Waals surface area contributed by atoms with Crippen LogP contribution in [0.15, 0.2) is 36.2 Å². The van der Waals surface area contributed by atoms with E-state index in [2.05, 4.69) is 4.98 Å². The van der Waals surface area contributed by atoms with Gasteiger partial charge in [-0.15, -0.1) is 22.9 Å². The average Bonchev–Trinajstić information content (AvgIpc) is 3.04. The van der Waals surface area contributed by atoms with Crippen molar-refractivity contribution in [2.45, 2.75) is 13.3 Å². The Balaban J connectivity index is 2.43. The van der Waals surface area contributed by atoms with Crippen molar-refractivity contribution < 1.29 is 4.79 Å². The number of thiophene rings is 1. The minimum Gasteiger partial charge on any atom is -0.375 e. The number of nitrogens with zero attached hydrogens (tertiary/aromatic N) is 3. The van der Waals surface area contributed by atoms with Gasteiger partial charge in [0.15, 0.2) is 5.15 Å². The predicted octanol–water partition coefficient (Wildman–Crippen LogP) is 5.15. The van der Waals surface area contributed by atoms with Crippen molar-refractivity contribution in [3.63, 3.8) is 0 Å². The van der Waals surface area contributed by atoms with Crippen LogP contribution in [0.2, 0.25) is 5.15 Å². The zero-order valence-electron chi connectivity index (χ0n) is 14.8. The second-order valence-electron chi connectivity index (χ2n) is 5.59. The monoisotopic (exact) mass is 410 g/mol. The molecule has 1 N–H and O–H groups in total. The van der Waals surface area contributed by atoms with Gasteiger partial charge in [-0.05, 0) is 13.0 Å². The fourth-order valence-corrected chi connectivity index (χ4v) is 3.93. The smallest absolute Gasteiger partial charge is 0.273 e. The van der Waals surface area contributed by atoms with Gasteiger partial charge in [0.25, 0.3) is 5.91 Å². The molecular formula is C18H20Cl2N4OS. The van der Waals surface area contributed by atoms with E-state index in [9.17, 15) is 4.79 Å². The number of pyridine rings is 1. The zero-order valence-corrected chi connectivity index (χ0v) is 17.1. The summed E-state index contributed by atoms with van der Waals surface area (Å²) < 4.78 is 0.871. The first-order valence-electron chi connectivity index (χ1n) is 7.90. The number of fused-ring (bicyclic) bond motifs is 1. The molecule has 0 aromatic carbocycles. The normalized spacial score (nSPS) is 12.0. The molecule has 0 unspecified atom stereocenters. The molecule has 5 nitrogen and oxygen atoms in total. The first-order chi connectivity index (χ1) is 12.4. The van der Waals surface area contributed by atoms with Crippen LogP contribution in [0, 0.1) is 5.41 Å². The van der Waals surface area contributed by atoms with Crippen molar-refractivity contribution >= 4 is 62.6 Å². The molecule has 0 bridgehead atoms. The fraction of sp³-hybridized carbons (Fsp3) is 0.278. The first-order valence-corrected chi connectivity index (χ1v) is 9.63. The zero-order chi connectivity index (χ0) is 19.3. The standard InChI is InChI=1S/C18H20Cl2N4OS/c1-4-12(7-5-6-8-19)24(11-21)18(25)14-9-13-15(26-14)10-22-17(20)16(13)23(2)3/h4-6,9-11,21H,7-8H2,1-3H3/b6-5-,12-4+,21-11?. The van der Waals surface area contributed by atoms with Gasteiger partial charge in [0, 0.05) is 43.7 Å². The third-order valence-electron chi connectivity index (χ3n) is 3.74. The molecule has 0 aliphatic rings. The van der Waals surface area contributed by atoms with E-state index in [-0.39, 0.29) is 5.91 Å². The van der Waals surface area contributed by atoms with Gasteiger partial charge in [-0.2, -0.15) is 0 Å². The fourth-order valence-electron chi connectivity index (χ4n) is 2.52. The number of allylic oxidation sites excluding steroid dienone is 3. The van der Waals surface area contributed by atoms with Crippen LogP contribution in [-0.4, -0.2) is 42.1 Å². The lowest BCUT2D eigenvalue weighted by Crippen LogP contribution is -2.27. The largest absolute Gasteiger partial charge is 0.375 e.